The fourth-order valence-electron chi connectivity index (χ4n) is 0.820. The Morgan fingerprint density at radius 1 is 1.36 bits per heavy atom. The Labute approximate surface area is 66.1 Å². The molecule has 1 aromatic carbocycles. The second-order valence-corrected chi connectivity index (χ2v) is 2.22. The molecule has 0 saturated carbocycles. The number of hydrogen-bond acceptors (Lipinski definition) is 3. The Morgan fingerprint density at radius 3 is 2.55 bits per heavy atom. The maximum Gasteiger partial charge on any atom is 0.0780 e. The molecule has 0 bridgehead atoms. The average Bonchev–Trinajstić information content (AvgIpc) is 2.06. The summed E-state index contributed by atoms with van der Waals surface area (Å²) in [6.45, 7) is 3.91. The largest absolute Gasteiger partial charge is 0.231 e. The third-order valence-corrected chi connectivity index (χ3v) is 1.37. The minimum absolute atomic E-state index is 0.602. The van der Waals surface area contributed by atoms with E-state index < -0.39 is 0 Å². The summed E-state index contributed by atoms with van der Waals surface area (Å²) in [5.74, 6) is 5.41. The Morgan fingerprint density at radius 2 is 2.00 bits per heavy atom. The van der Waals surface area contributed by atoms with Crippen molar-refractivity contribution in [1.29, 1.82) is 0 Å². The second kappa shape index (κ2) is 3.73. The molecule has 58 valence electrons. The molecule has 0 aliphatic rings. The highest BCUT2D eigenvalue weighted by atomic mass is 15.6. The van der Waals surface area contributed by atoms with Crippen LogP contribution in [0.1, 0.15) is 5.56 Å². The van der Waals surface area contributed by atoms with Crippen LogP contribution in [0.5, 0.6) is 0 Å². The molecule has 3 nitrogen and oxygen atoms in total. The highest BCUT2D eigenvalue weighted by Gasteiger charge is 1.93. The van der Waals surface area contributed by atoms with Gasteiger partial charge in [0.25, 0.3) is 0 Å². The number of nitrogens with zero attached hydrogens (tertiary/aromatic N) is 2. The van der Waals surface area contributed by atoms with Gasteiger partial charge in [-0.3, -0.25) is 0 Å². The molecule has 11 heavy (non-hydrogen) atoms. The van der Waals surface area contributed by atoms with Crippen molar-refractivity contribution in [2.24, 2.45) is 10.9 Å². The monoisotopic (exact) mass is 149 g/mol. The SMILES string of the molecule is C=NN(N)Cc1ccccc1. The summed E-state index contributed by atoms with van der Waals surface area (Å²) in [6.07, 6.45) is 0. The van der Waals surface area contributed by atoms with E-state index in [1.807, 2.05) is 30.3 Å². The molecule has 1 rings (SSSR count). The number of hydrogen-bond donors (Lipinski definition) is 1. The lowest BCUT2D eigenvalue weighted by Crippen LogP contribution is -2.23. The fourth-order valence-corrected chi connectivity index (χ4v) is 0.820. The van der Waals surface area contributed by atoms with Gasteiger partial charge >= 0.3 is 0 Å². The van der Waals surface area contributed by atoms with Crippen LogP contribution in [0.4, 0.5) is 0 Å². The molecule has 0 aliphatic heterocycles. The van der Waals surface area contributed by atoms with E-state index >= 15 is 0 Å². The van der Waals surface area contributed by atoms with Gasteiger partial charge in [0.15, 0.2) is 0 Å². The lowest BCUT2D eigenvalue weighted by atomic mass is 10.2. The highest BCUT2D eigenvalue weighted by Crippen LogP contribution is 2.00. The zero-order chi connectivity index (χ0) is 8.10. The van der Waals surface area contributed by atoms with Crippen molar-refractivity contribution in [2.45, 2.75) is 6.54 Å². The van der Waals surface area contributed by atoms with Gasteiger partial charge in [-0.05, 0) is 5.56 Å². The van der Waals surface area contributed by atoms with Crippen molar-refractivity contribution in [3.8, 4) is 0 Å². The molecule has 2 N–H and O–H groups in total. The summed E-state index contributed by atoms with van der Waals surface area (Å²) in [6, 6.07) is 9.88. The van der Waals surface area contributed by atoms with Crippen LogP contribution in [0.15, 0.2) is 35.4 Å². The lowest BCUT2D eigenvalue weighted by Gasteiger charge is -2.10. The summed E-state index contributed by atoms with van der Waals surface area (Å²) in [7, 11) is 0. The quantitative estimate of drug-likeness (QED) is 0.395. The van der Waals surface area contributed by atoms with Crippen molar-refractivity contribution < 1.29 is 0 Å². The van der Waals surface area contributed by atoms with Crippen LogP contribution in [0, 0.1) is 0 Å². The summed E-state index contributed by atoms with van der Waals surface area (Å²) < 4.78 is 0. The van der Waals surface area contributed by atoms with E-state index in [0.29, 0.717) is 6.54 Å². The molecule has 0 aromatic heterocycles. The van der Waals surface area contributed by atoms with E-state index in [1.54, 1.807) is 0 Å². The minimum Gasteiger partial charge on any atom is -0.231 e. The van der Waals surface area contributed by atoms with Gasteiger partial charge < -0.3 is 0 Å². The maximum atomic E-state index is 5.41. The van der Waals surface area contributed by atoms with Crippen molar-refractivity contribution >= 4 is 6.72 Å². The predicted octanol–water partition coefficient (Wildman–Crippen LogP) is 0.978. The molecule has 0 spiro atoms. The molecule has 0 aliphatic carbocycles. The van der Waals surface area contributed by atoms with Gasteiger partial charge in [0.05, 0.1) is 6.54 Å². The topological polar surface area (TPSA) is 41.6 Å². The zero-order valence-electron chi connectivity index (χ0n) is 6.27. The van der Waals surface area contributed by atoms with Gasteiger partial charge in [-0.1, -0.05) is 30.3 Å². The van der Waals surface area contributed by atoms with Crippen LogP contribution in [0.3, 0.4) is 0 Å². The molecule has 0 amide bonds. The van der Waals surface area contributed by atoms with Crippen LogP contribution in [-0.2, 0) is 6.54 Å². The molecule has 0 fully saturated rings. The number of hydrazine groups is 1. The molecule has 0 unspecified atom stereocenters. The minimum atomic E-state index is 0.602. The third kappa shape index (κ3) is 2.39. The van der Waals surface area contributed by atoms with Gasteiger partial charge in [0, 0.05) is 6.72 Å². The smallest absolute Gasteiger partial charge is 0.0780 e. The first-order valence-electron chi connectivity index (χ1n) is 3.35. The number of benzene rings is 1. The standard InChI is InChI=1S/C8H11N3/c1-10-11(9)7-8-5-3-2-4-6-8/h2-6H,1,7,9H2. The van der Waals surface area contributed by atoms with Gasteiger partial charge in [-0.15, -0.1) is 0 Å². The molecule has 3 heteroatoms. The summed E-state index contributed by atoms with van der Waals surface area (Å²) in [5.41, 5.74) is 1.13. The van der Waals surface area contributed by atoms with E-state index in [-0.39, 0.29) is 0 Å². The first-order valence-corrected chi connectivity index (χ1v) is 3.35. The van der Waals surface area contributed by atoms with Gasteiger partial charge in [0.1, 0.15) is 0 Å². The lowest BCUT2D eigenvalue weighted by molar-refractivity contribution is 0.293. The Bertz CT molecular complexity index is 220. The van der Waals surface area contributed by atoms with Crippen molar-refractivity contribution in [2.75, 3.05) is 0 Å². The fraction of sp³-hybridized carbons (Fsp3) is 0.125. The van der Waals surface area contributed by atoms with E-state index in [2.05, 4.69) is 11.8 Å². The Hall–Kier alpha value is -1.35. The molecular formula is C8H11N3. The van der Waals surface area contributed by atoms with Gasteiger partial charge in [-0.2, -0.15) is 5.10 Å². The second-order valence-electron chi connectivity index (χ2n) is 2.22. The van der Waals surface area contributed by atoms with Crippen LogP contribution in [-0.4, -0.2) is 11.8 Å². The van der Waals surface area contributed by atoms with Gasteiger partial charge in [0.2, 0.25) is 0 Å². The van der Waals surface area contributed by atoms with Crippen LogP contribution < -0.4 is 5.84 Å². The molecular weight excluding hydrogens is 138 g/mol. The van der Waals surface area contributed by atoms with Crippen molar-refractivity contribution in [3.05, 3.63) is 35.9 Å². The first kappa shape index (κ1) is 7.75. The number of hydrazone groups is 1. The summed E-state index contributed by atoms with van der Waals surface area (Å²) >= 11 is 0. The first-order chi connectivity index (χ1) is 5.33. The molecule has 0 heterocycles. The van der Waals surface area contributed by atoms with Crippen molar-refractivity contribution in [3.63, 3.8) is 0 Å². The Balaban J connectivity index is 2.57. The van der Waals surface area contributed by atoms with Crippen LogP contribution in [0.2, 0.25) is 0 Å². The maximum absolute atomic E-state index is 5.41. The summed E-state index contributed by atoms with van der Waals surface area (Å²) in [4.78, 5) is 0. The van der Waals surface area contributed by atoms with E-state index in [9.17, 15) is 0 Å². The van der Waals surface area contributed by atoms with Crippen LogP contribution >= 0.6 is 0 Å². The molecule has 0 atom stereocenters. The number of nitrogens with two attached hydrogens (primary N) is 1. The van der Waals surface area contributed by atoms with Gasteiger partial charge in [-0.25, -0.2) is 11.0 Å². The van der Waals surface area contributed by atoms with E-state index in [0.717, 1.165) is 5.56 Å². The Kier molecular flexibility index (Phi) is 2.63. The van der Waals surface area contributed by atoms with E-state index in [4.69, 9.17) is 5.84 Å². The predicted molar refractivity (Wildman–Crippen MR) is 45.7 cm³/mol. The molecule has 0 radical (unpaired) electrons. The average molecular weight is 149 g/mol. The number of rotatable bonds is 3. The highest BCUT2D eigenvalue weighted by molar-refractivity contribution is 5.22. The normalized spacial score (nSPS) is 9.18. The molecule has 1 aromatic rings. The van der Waals surface area contributed by atoms with Crippen molar-refractivity contribution in [1.82, 2.24) is 5.12 Å². The summed E-state index contributed by atoms with van der Waals surface area (Å²) in [5, 5.41) is 4.85. The van der Waals surface area contributed by atoms with E-state index in [1.165, 1.54) is 5.12 Å². The third-order valence-electron chi connectivity index (χ3n) is 1.37. The molecule has 0 saturated heterocycles. The zero-order valence-corrected chi connectivity index (χ0v) is 6.27. The van der Waals surface area contributed by atoms with Crippen LogP contribution in [0.25, 0.3) is 0 Å².